The summed E-state index contributed by atoms with van der Waals surface area (Å²) in [5, 5.41) is 12.7. The molecule has 0 bridgehead atoms. The summed E-state index contributed by atoms with van der Waals surface area (Å²) in [4.78, 5) is 51.1. The Labute approximate surface area is 259 Å². The first-order chi connectivity index (χ1) is 20.9. The molecule has 0 unspecified atom stereocenters. The van der Waals surface area contributed by atoms with Crippen LogP contribution < -0.4 is 9.80 Å². The van der Waals surface area contributed by atoms with Gasteiger partial charge in [0.2, 0.25) is 11.8 Å². The Morgan fingerprint density at radius 2 is 1.93 bits per heavy atom. The number of hydrogen-bond acceptors (Lipinski definition) is 7. The molecule has 3 aliphatic rings. The van der Waals surface area contributed by atoms with E-state index in [1.54, 1.807) is 16.0 Å². The number of benzene rings is 1. The molecular weight excluding hydrogens is 588 g/mol. The second-order valence-corrected chi connectivity index (χ2v) is 12.9. The number of amides is 2. The second-order valence-electron chi connectivity index (χ2n) is 11.6. The van der Waals surface area contributed by atoms with Gasteiger partial charge in [-0.25, -0.2) is 9.97 Å². The molecular formula is C32H35ClN4O5S. The van der Waals surface area contributed by atoms with Crippen molar-refractivity contribution in [2.45, 2.75) is 63.8 Å². The van der Waals surface area contributed by atoms with E-state index in [1.165, 1.54) is 11.3 Å². The van der Waals surface area contributed by atoms with Crippen molar-refractivity contribution in [1.82, 2.24) is 9.97 Å². The molecule has 43 heavy (non-hydrogen) atoms. The normalized spacial score (nSPS) is 18.4. The monoisotopic (exact) mass is 622 g/mol. The molecule has 2 aliphatic heterocycles. The van der Waals surface area contributed by atoms with Gasteiger partial charge in [0.05, 0.1) is 12.1 Å². The molecule has 6 rings (SSSR count). The molecule has 2 aromatic heterocycles. The second kappa shape index (κ2) is 13.1. The molecule has 3 aromatic rings. The van der Waals surface area contributed by atoms with E-state index in [0.29, 0.717) is 54.3 Å². The van der Waals surface area contributed by atoms with Gasteiger partial charge in [-0.15, -0.1) is 11.3 Å². The standard InChI is InChI=1S/C32H35ClN4O5S/c33-23-5-8-25(21-4-9-28(34-18-21)36-12-2-1-3-29(36)38)26(17-23)27-19-43-32(35-27)37(24-6-7-24)31(41)22(16-30(39)40)15-20-10-13-42-14-11-20/h4-5,8-9,17-20,22,24H,1-3,6-7,10-16H2,(H,39,40)/t22-/m1/s1. The van der Waals surface area contributed by atoms with E-state index in [9.17, 15) is 19.5 Å². The number of nitrogens with zero attached hydrogens (tertiary/aromatic N) is 4. The molecule has 1 saturated carbocycles. The van der Waals surface area contributed by atoms with Crippen LogP contribution in [-0.2, 0) is 19.1 Å². The van der Waals surface area contributed by atoms with Crippen molar-refractivity contribution in [2.75, 3.05) is 29.6 Å². The molecule has 0 radical (unpaired) electrons. The highest BCUT2D eigenvalue weighted by molar-refractivity contribution is 7.14. The van der Waals surface area contributed by atoms with Gasteiger partial charge in [0.1, 0.15) is 5.82 Å². The number of hydrogen-bond donors (Lipinski definition) is 1. The van der Waals surface area contributed by atoms with Gasteiger partial charge in [-0.05, 0) is 80.7 Å². The first-order valence-electron chi connectivity index (χ1n) is 15.0. The largest absolute Gasteiger partial charge is 0.481 e. The molecule has 226 valence electrons. The number of thiazole rings is 1. The quantitative estimate of drug-likeness (QED) is 0.277. The maximum Gasteiger partial charge on any atom is 0.304 e. The lowest BCUT2D eigenvalue weighted by atomic mass is 9.86. The Kier molecular flexibility index (Phi) is 9.06. The fourth-order valence-electron chi connectivity index (χ4n) is 6.06. The number of rotatable bonds is 10. The number of carbonyl (C=O) groups excluding carboxylic acids is 2. The van der Waals surface area contributed by atoms with Crippen molar-refractivity contribution in [3.8, 4) is 22.4 Å². The number of anilines is 2. The van der Waals surface area contributed by atoms with Crippen LogP contribution in [0.25, 0.3) is 22.4 Å². The van der Waals surface area contributed by atoms with Crippen molar-refractivity contribution < 1.29 is 24.2 Å². The highest BCUT2D eigenvalue weighted by atomic mass is 35.5. The van der Waals surface area contributed by atoms with Crippen LogP contribution in [0.1, 0.15) is 57.8 Å². The van der Waals surface area contributed by atoms with Crippen molar-refractivity contribution >= 4 is 51.7 Å². The van der Waals surface area contributed by atoms with Crippen LogP contribution in [0.15, 0.2) is 41.9 Å². The summed E-state index contributed by atoms with van der Waals surface area (Å²) in [6.45, 7) is 1.98. The van der Waals surface area contributed by atoms with E-state index in [1.807, 2.05) is 35.7 Å². The zero-order valence-electron chi connectivity index (χ0n) is 23.9. The SMILES string of the molecule is O=C(O)C[C@@H](CC1CCOCC1)C(=O)N(c1nc(-c2cc(Cl)ccc2-c2ccc(N3CCCCC3=O)nc2)cs1)C1CC1. The third-order valence-electron chi connectivity index (χ3n) is 8.49. The maximum absolute atomic E-state index is 13.9. The number of ether oxygens (including phenoxy) is 1. The Morgan fingerprint density at radius 3 is 2.63 bits per heavy atom. The van der Waals surface area contributed by atoms with E-state index in [4.69, 9.17) is 21.3 Å². The van der Waals surface area contributed by atoms with Crippen LogP contribution in [0.5, 0.6) is 0 Å². The topological polar surface area (TPSA) is 113 Å². The van der Waals surface area contributed by atoms with Gasteiger partial charge in [0.15, 0.2) is 5.13 Å². The third-order valence-corrected chi connectivity index (χ3v) is 9.57. The molecule has 3 fully saturated rings. The van der Waals surface area contributed by atoms with Gasteiger partial charge in [-0.3, -0.25) is 24.2 Å². The van der Waals surface area contributed by atoms with Crippen molar-refractivity contribution in [2.24, 2.45) is 11.8 Å². The molecule has 2 saturated heterocycles. The van der Waals surface area contributed by atoms with E-state index >= 15 is 0 Å². The van der Waals surface area contributed by atoms with Gasteiger partial charge in [-0.1, -0.05) is 17.7 Å². The minimum Gasteiger partial charge on any atom is -0.481 e. The number of carboxylic acid groups (broad SMARTS) is 1. The third kappa shape index (κ3) is 6.92. The van der Waals surface area contributed by atoms with Crippen molar-refractivity contribution in [1.29, 1.82) is 0 Å². The highest BCUT2D eigenvalue weighted by Gasteiger charge is 2.40. The summed E-state index contributed by atoms with van der Waals surface area (Å²) in [5.74, 6) is -0.704. The summed E-state index contributed by atoms with van der Waals surface area (Å²) in [6.07, 6.45) is 7.98. The lowest BCUT2D eigenvalue weighted by Crippen LogP contribution is -2.40. The van der Waals surface area contributed by atoms with Crippen molar-refractivity contribution in [3.05, 3.63) is 46.9 Å². The minimum absolute atomic E-state index is 0.0329. The van der Waals surface area contributed by atoms with Crippen LogP contribution in [0.4, 0.5) is 10.9 Å². The number of aromatic nitrogens is 2. The molecule has 11 heteroatoms. The number of carboxylic acids is 1. The number of piperidine rings is 1. The average Bonchev–Trinajstić information content (AvgIpc) is 3.73. The number of halogens is 1. The highest BCUT2D eigenvalue weighted by Crippen LogP contribution is 2.41. The van der Waals surface area contributed by atoms with E-state index < -0.39 is 11.9 Å². The summed E-state index contributed by atoms with van der Waals surface area (Å²) in [7, 11) is 0. The average molecular weight is 623 g/mol. The molecule has 4 heterocycles. The molecule has 1 atom stereocenters. The van der Waals surface area contributed by atoms with Crippen LogP contribution in [-0.4, -0.2) is 58.7 Å². The Balaban J connectivity index is 1.27. The Morgan fingerprint density at radius 1 is 1.12 bits per heavy atom. The van der Waals surface area contributed by atoms with Crippen molar-refractivity contribution in [3.63, 3.8) is 0 Å². The molecule has 0 spiro atoms. The number of carbonyl (C=O) groups is 3. The number of aliphatic carboxylic acids is 1. The van der Waals surface area contributed by atoms with Gasteiger partial charge in [-0.2, -0.15) is 0 Å². The molecule has 1 N–H and O–H groups in total. The summed E-state index contributed by atoms with van der Waals surface area (Å²) >= 11 is 7.83. The van der Waals surface area contributed by atoms with Crippen LogP contribution >= 0.6 is 22.9 Å². The zero-order valence-corrected chi connectivity index (χ0v) is 25.5. The summed E-state index contributed by atoms with van der Waals surface area (Å²) in [6, 6.07) is 9.47. The smallest absolute Gasteiger partial charge is 0.304 e. The van der Waals surface area contributed by atoms with Crippen LogP contribution in [0.2, 0.25) is 5.02 Å². The van der Waals surface area contributed by atoms with Gasteiger partial charge < -0.3 is 9.84 Å². The number of pyridine rings is 1. The van der Waals surface area contributed by atoms with Crippen LogP contribution in [0, 0.1) is 11.8 Å². The first-order valence-corrected chi connectivity index (χ1v) is 16.3. The van der Waals surface area contributed by atoms with E-state index in [2.05, 4.69) is 4.98 Å². The molecule has 1 aromatic carbocycles. The minimum atomic E-state index is -0.964. The first kappa shape index (κ1) is 29.7. The Bertz CT molecular complexity index is 1490. The van der Waals surface area contributed by atoms with Gasteiger partial charge >= 0.3 is 5.97 Å². The van der Waals surface area contributed by atoms with Gasteiger partial charge in [0, 0.05) is 65.9 Å². The van der Waals surface area contributed by atoms with Crippen LogP contribution in [0.3, 0.4) is 0 Å². The van der Waals surface area contributed by atoms with E-state index in [0.717, 1.165) is 55.2 Å². The summed E-state index contributed by atoms with van der Waals surface area (Å²) < 4.78 is 5.47. The van der Waals surface area contributed by atoms with E-state index in [-0.39, 0.29) is 30.2 Å². The molecule has 9 nitrogen and oxygen atoms in total. The predicted octanol–water partition coefficient (Wildman–Crippen LogP) is 6.45. The maximum atomic E-state index is 13.9. The predicted molar refractivity (Wildman–Crippen MR) is 166 cm³/mol. The van der Waals surface area contributed by atoms with Gasteiger partial charge in [0.25, 0.3) is 0 Å². The summed E-state index contributed by atoms with van der Waals surface area (Å²) in [5.41, 5.74) is 3.25. The lowest BCUT2D eigenvalue weighted by Gasteiger charge is -2.29. The molecule has 2 amide bonds. The fourth-order valence-corrected chi connectivity index (χ4v) is 7.13. The lowest BCUT2D eigenvalue weighted by molar-refractivity contribution is -0.141. The Hall–Kier alpha value is -3.34. The molecule has 1 aliphatic carbocycles. The zero-order chi connectivity index (χ0) is 29.9. The fraction of sp³-hybridized carbons (Fsp3) is 0.469.